The minimum atomic E-state index is -3.97. The van der Waals surface area contributed by atoms with E-state index < -0.39 is 15.9 Å². The first kappa shape index (κ1) is 28.1. The van der Waals surface area contributed by atoms with Crippen LogP contribution in [0.25, 0.3) is 0 Å². The molecule has 0 saturated heterocycles. The lowest BCUT2D eigenvalue weighted by Crippen LogP contribution is -2.19. The molecule has 2 N–H and O–H groups in total. The molecule has 5 aromatic rings. The molecule has 9 heteroatoms. The molecular formula is C33H28N4O4S. The van der Waals surface area contributed by atoms with E-state index in [2.05, 4.69) is 20.1 Å². The van der Waals surface area contributed by atoms with Crippen LogP contribution in [-0.2, 0) is 10.0 Å². The largest absolute Gasteiger partial charge is 0.495 e. The fraction of sp³-hybridized carbons (Fsp3) is 0.0303. The van der Waals surface area contributed by atoms with Crippen molar-refractivity contribution in [3.8, 4) is 5.75 Å². The number of sulfonamides is 1. The van der Waals surface area contributed by atoms with Crippen LogP contribution in [0.3, 0.4) is 0 Å². The molecule has 0 spiro atoms. The minimum Gasteiger partial charge on any atom is -0.495 e. The monoisotopic (exact) mass is 576 g/mol. The molecule has 42 heavy (non-hydrogen) atoms. The van der Waals surface area contributed by atoms with Crippen LogP contribution in [0, 0.1) is 0 Å². The summed E-state index contributed by atoms with van der Waals surface area (Å²) in [5, 5.41) is 4.07. The highest BCUT2D eigenvalue weighted by Crippen LogP contribution is 2.34. The van der Waals surface area contributed by atoms with E-state index in [0.717, 1.165) is 22.6 Å². The maximum Gasteiger partial charge on any atom is 0.271 e. The Morgan fingerprint density at radius 3 is 1.98 bits per heavy atom. The number of benzene rings is 5. The third-order valence-corrected chi connectivity index (χ3v) is 7.68. The molecule has 0 saturated carbocycles. The van der Waals surface area contributed by atoms with Crippen molar-refractivity contribution >= 4 is 44.9 Å². The summed E-state index contributed by atoms with van der Waals surface area (Å²) in [6, 6.07) is 40.3. The standard InChI is InChI=1S/C33H28N4O4S/c1-41-32-18-9-8-17-31(32)36-42(39,40)30-16-10-11-26(23-30)33(38)35-34-24-25-19-21-29(22-20-25)37(27-12-4-2-5-13-27)28-14-6-3-7-15-28/h2-24,36H,1H3,(H,35,38)/b34-24+. The Morgan fingerprint density at radius 2 is 1.33 bits per heavy atom. The Morgan fingerprint density at radius 1 is 0.738 bits per heavy atom. The zero-order valence-corrected chi connectivity index (χ0v) is 23.5. The van der Waals surface area contributed by atoms with E-state index in [0.29, 0.717) is 11.4 Å². The Bertz CT molecular complexity index is 1750. The Kier molecular flexibility index (Phi) is 8.60. The van der Waals surface area contributed by atoms with Crippen LogP contribution in [0.4, 0.5) is 22.7 Å². The van der Waals surface area contributed by atoms with Crippen molar-refractivity contribution in [2.45, 2.75) is 4.90 Å². The molecule has 0 aliphatic rings. The van der Waals surface area contributed by atoms with E-state index >= 15 is 0 Å². The van der Waals surface area contributed by atoms with Crippen molar-refractivity contribution in [2.75, 3.05) is 16.7 Å². The van der Waals surface area contributed by atoms with Gasteiger partial charge in [-0.15, -0.1) is 0 Å². The average molecular weight is 577 g/mol. The Labute approximate surface area is 245 Å². The fourth-order valence-electron chi connectivity index (χ4n) is 4.28. The van der Waals surface area contributed by atoms with E-state index in [1.54, 1.807) is 24.3 Å². The number of hydrogen-bond donors (Lipinski definition) is 2. The number of amides is 1. The summed E-state index contributed by atoms with van der Waals surface area (Å²) in [6.45, 7) is 0. The number of methoxy groups -OCH3 is 1. The van der Waals surface area contributed by atoms with Crippen LogP contribution < -0.4 is 19.8 Å². The van der Waals surface area contributed by atoms with Crippen molar-refractivity contribution in [1.29, 1.82) is 0 Å². The van der Waals surface area contributed by atoms with Crippen molar-refractivity contribution < 1.29 is 17.9 Å². The smallest absolute Gasteiger partial charge is 0.271 e. The number of hydrazone groups is 1. The van der Waals surface area contributed by atoms with Gasteiger partial charge in [0.15, 0.2) is 0 Å². The first-order valence-corrected chi connectivity index (χ1v) is 14.5. The molecule has 0 unspecified atom stereocenters. The molecule has 1 amide bonds. The summed E-state index contributed by atoms with van der Waals surface area (Å²) in [4.78, 5) is 14.8. The molecule has 8 nitrogen and oxygen atoms in total. The van der Waals surface area contributed by atoms with Gasteiger partial charge in [-0.2, -0.15) is 5.10 Å². The lowest BCUT2D eigenvalue weighted by Gasteiger charge is -2.25. The van der Waals surface area contributed by atoms with E-state index in [1.807, 2.05) is 84.9 Å². The summed E-state index contributed by atoms with van der Waals surface area (Å²) >= 11 is 0. The molecule has 0 aliphatic heterocycles. The molecule has 0 aromatic heterocycles. The number of carbonyl (C=O) groups excluding carboxylic acids is 1. The first-order valence-electron chi connectivity index (χ1n) is 13.0. The molecule has 5 aromatic carbocycles. The Hall–Kier alpha value is -5.41. The lowest BCUT2D eigenvalue weighted by molar-refractivity contribution is 0.0955. The number of anilines is 4. The van der Waals surface area contributed by atoms with Gasteiger partial charge in [-0.25, -0.2) is 13.8 Å². The van der Waals surface area contributed by atoms with Gasteiger partial charge in [-0.3, -0.25) is 9.52 Å². The zero-order valence-electron chi connectivity index (χ0n) is 22.7. The molecule has 210 valence electrons. The fourth-order valence-corrected chi connectivity index (χ4v) is 5.39. The number of rotatable bonds is 10. The van der Waals surface area contributed by atoms with E-state index in [4.69, 9.17) is 4.74 Å². The van der Waals surface area contributed by atoms with Crippen LogP contribution in [-0.4, -0.2) is 27.6 Å². The van der Waals surface area contributed by atoms with Crippen LogP contribution in [0.15, 0.2) is 143 Å². The number of ether oxygens (including phenoxy) is 1. The molecule has 0 atom stereocenters. The Balaban J connectivity index is 1.27. The third kappa shape index (κ3) is 6.65. The van der Waals surface area contributed by atoms with Gasteiger partial charge in [-0.1, -0.05) is 66.7 Å². The second kappa shape index (κ2) is 12.8. The van der Waals surface area contributed by atoms with Crippen LogP contribution in [0.1, 0.15) is 15.9 Å². The van der Waals surface area contributed by atoms with E-state index in [-0.39, 0.29) is 10.5 Å². The minimum absolute atomic E-state index is 0.0676. The summed E-state index contributed by atoms with van der Waals surface area (Å²) in [5.74, 6) is -0.165. The highest BCUT2D eigenvalue weighted by molar-refractivity contribution is 7.92. The first-order chi connectivity index (χ1) is 20.4. The average Bonchev–Trinajstić information content (AvgIpc) is 3.03. The number of nitrogens with zero attached hydrogens (tertiary/aromatic N) is 2. The van der Waals surface area contributed by atoms with Gasteiger partial charge in [0.2, 0.25) is 0 Å². The van der Waals surface area contributed by atoms with E-state index in [1.165, 1.54) is 37.6 Å². The molecule has 0 heterocycles. The third-order valence-electron chi connectivity index (χ3n) is 6.32. The van der Waals surface area contributed by atoms with Crippen LogP contribution in [0.5, 0.6) is 5.75 Å². The zero-order chi connectivity index (χ0) is 29.4. The summed E-state index contributed by atoms with van der Waals surface area (Å²) in [6.07, 6.45) is 1.53. The summed E-state index contributed by atoms with van der Waals surface area (Å²) < 4.78 is 33.7. The topological polar surface area (TPSA) is 100 Å². The van der Waals surface area contributed by atoms with Gasteiger partial charge in [0, 0.05) is 22.6 Å². The van der Waals surface area contributed by atoms with Gasteiger partial charge in [-0.05, 0) is 72.3 Å². The highest BCUT2D eigenvalue weighted by Gasteiger charge is 2.18. The van der Waals surface area contributed by atoms with Gasteiger partial charge < -0.3 is 9.64 Å². The van der Waals surface area contributed by atoms with Crippen molar-refractivity contribution in [2.24, 2.45) is 5.10 Å². The highest BCUT2D eigenvalue weighted by atomic mass is 32.2. The second-order valence-corrected chi connectivity index (χ2v) is 10.8. The molecule has 0 fully saturated rings. The maximum atomic E-state index is 13.0. The quantitative estimate of drug-likeness (QED) is 0.142. The van der Waals surface area contributed by atoms with Gasteiger partial charge in [0.25, 0.3) is 15.9 Å². The number of para-hydroxylation sites is 4. The summed E-state index contributed by atoms with van der Waals surface area (Å²) in [5.41, 5.74) is 6.70. The van der Waals surface area contributed by atoms with E-state index in [9.17, 15) is 13.2 Å². The number of carbonyl (C=O) groups is 1. The van der Waals surface area contributed by atoms with Crippen molar-refractivity contribution in [1.82, 2.24) is 5.43 Å². The second-order valence-electron chi connectivity index (χ2n) is 9.13. The molecule has 0 radical (unpaired) electrons. The molecule has 0 aliphatic carbocycles. The van der Waals surface area contributed by atoms with Crippen molar-refractivity contribution in [3.63, 3.8) is 0 Å². The molecule has 5 rings (SSSR count). The predicted molar refractivity (Wildman–Crippen MR) is 166 cm³/mol. The number of nitrogens with one attached hydrogen (secondary N) is 2. The van der Waals surface area contributed by atoms with Crippen LogP contribution >= 0.6 is 0 Å². The maximum absolute atomic E-state index is 13.0. The molecule has 0 bridgehead atoms. The molecular weight excluding hydrogens is 548 g/mol. The normalized spacial score (nSPS) is 11.2. The van der Waals surface area contributed by atoms with Gasteiger partial charge in [0.05, 0.1) is 23.9 Å². The lowest BCUT2D eigenvalue weighted by atomic mass is 10.1. The van der Waals surface area contributed by atoms with Gasteiger partial charge in [0.1, 0.15) is 5.75 Å². The summed E-state index contributed by atoms with van der Waals surface area (Å²) in [7, 11) is -2.51. The number of hydrogen-bond acceptors (Lipinski definition) is 6. The SMILES string of the molecule is COc1ccccc1NS(=O)(=O)c1cccc(C(=O)N/N=C/c2ccc(N(c3ccccc3)c3ccccc3)cc2)c1. The predicted octanol–water partition coefficient (Wildman–Crippen LogP) is 6.73. The van der Waals surface area contributed by atoms with Crippen LogP contribution in [0.2, 0.25) is 0 Å². The van der Waals surface area contributed by atoms with Gasteiger partial charge >= 0.3 is 0 Å². The van der Waals surface area contributed by atoms with Crippen molar-refractivity contribution in [3.05, 3.63) is 145 Å².